The van der Waals surface area contributed by atoms with Gasteiger partial charge in [-0.1, -0.05) is 30.7 Å². The largest absolute Gasteiger partial charge is 0.383 e. The van der Waals surface area contributed by atoms with E-state index in [-0.39, 0.29) is 0 Å². The molecule has 0 aliphatic carbocycles. The Morgan fingerprint density at radius 2 is 2.25 bits per heavy atom. The van der Waals surface area contributed by atoms with E-state index in [0.29, 0.717) is 6.04 Å². The van der Waals surface area contributed by atoms with E-state index in [2.05, 4.69) is 18.3 Å². The van der Waals surface area contributed by atoms with Gasteiger partial charge in [0.25, 0.3) is 0 Å². The van der Waals surface area contributed by atoms with Gasteiger partial charge in [-0.3, -0.25) is 0 Å². The second kappa shape index (κ2) is 7.66. The van der Waals surface area contributed by atoms with E-state index in [9.17, 15) is 0 Å². The van der Waals surface area contributed by atoms with Gasteiger partial charge < -0.3 is 10.1 Å². The molecular formula is C13H20ClNO. The van der Waals surface area contributed by atoms with E-state index in [1.54, 1.807) is 7.11 Å². The fraction of sp³-hybridized carbons (Fsp3) is 0.538. The lowest BCUT2D eigenvalue weighted by Gasteiger charge is -2.16. The number of methoxy groups -OCH3 is 1. The SMILES string of the molecule is CCNC(CCc1cccc(Cl)c1)COC. The molecule has 1 aromatic rings. The summed E-state index contributed by atoms with van der Waals surface area (Å²) in [7, 11) is 1.74. The summed E-state index contributed by atoms with van der Waals surface area (Å²) in [5.74, 6) is 0. The van der Waals surface area contributed by atoms with Gasteiger partial charge in [-0.05, 0) is 37.1 Å². The van der Waals surface area contributed by atoms with Crippen molar-refractivity contribution < 1.29 is 4.74 Å². The molecule has 0 saturated heterocycles. The maximum absolute atomic E-state index is 5.94. The molecule has 3 heteroatoms. The summed E-state index contributed by atoms with van der Waals surface area (Å²) >= 11 is 5.94. The van der Waals surface area contributed by atoms with Crippen LogP contribution < -0.4 is 5.32 Å². The van der Waals surface area contributed by atoms with Crippen LogP contribution in [0.1, 0.15) is 18.9 Å². The minimum Gasteiger partial charge on any atom is -0.383 e. The van der Waals surface area contributed by atoms with Crippen LogP contribution in [0.3, 0.4) is 0 Å². The zero-order chi connectivity index (χ0) is 11.8. The predicted molar refractivity (Wildman–Crippen MR) is 69.1 cm³/mol. The highest BCUT2D eigenvalue weighted by atomic mass is 35.5. The Labute approximate surface area is 103 Å². The van der Waals surface area contributed by atoms with Crippen LogP contribution in [0, 0.1) is 0 Å². The van der Waals surface area contributed by atoms with Gasteiger partial charge in [-0.25, -0.2) is 0 Å². The fourth-order valence-electron chi connectivity index (χ4n) is 1.77. The van der Waals surface area contributed by atoms with Crippen molar-refractivity contribution in [3.05, 3.63) is 34.9 Å². The standard InChI is InChI=1S/C13H20ClNO/c1-3-15-13(10-16-2)8-7-11-5-4-6-12(14)9-11/h4-6,9,13,15H,3,7-8,10H2,1-2H3. The molecule has 0 aliphatic heterocycles. The molecule has 0 heterocycles. The predicted octanol–water partition coefficient (Wildman–Crippen LogP) is 2.90. The summed E-state index contributed by atoms with van der Waals surface area (Å²) in [6.45, 7) is 3.85. The zero-order valence-electron chi connectivity index (χ0n) is 10.0. The van der Waals surface area contributed by atoms with E-state index in [1.165, 1.54) is 5.56 Å². The number of rotatable bonds is 7. The van der Waals surface area contributed by atoms with Crippen LogP contribution in [-0.4, -0.2) is 26.3 Å². The van der Waals surface area contributed by atoms with Gasteiger partial charge in [0.1, 0.15) is 0 Å². The Bertz CT molecular complexity index is 298. The molecule has 0 aromatic heterocycles. The molecule has 1 N–H and O–H groups in total. The molecule has 0 amide bonds. The van der Waals surface area contributed by atoms with Crippen LogP contribution in [-0.2, 0) is 11.2 Å². The monoisotopic (exact) mass is 241 g/mol. The molecule has 0 radical (unpaired) electrons. The number of ether oxygens (including phenoxy) is 1. The van der Waals surface area contributed by atoms with E-state index in [1.807, 2.05) is 18.2 Å². The summed E-state index contributed by atoms with van der Waals surface area (Å²) in [5.41, 5.74) is 1.28. The van der Waals surface area contributed by atoms with Crippen molar-refractivity contribution in [1.29, 1.82) is 0 Å². The normalized spacial score (nSPS) is 12.7. The lowest BCUT2D eigenvalue weighted by Crippen LogP contribution is -2.33. The maximum atomic E-state index is 5.94. The number of nitrogens with one attached hydrogen (secondary N) is 1. The highest BCUT2D eigenvalue weighted by Crippen LogP contribution is 2.13. The first-order chi connectivity index (χ1) is 7.76. The van der Waals surface area contributed by atoms with Crippen molar-refractivity contribution >= 4 is 11.6 Å². The Kier molecular flexibility index (Phi) is 6.46. The van der Waals surface area contributed by atoms with Gasteiger partial charge in [-0.15, -0.1) is 0 Å². The third kappa shape index (κ3) is 4.97. The Balaban J connectivity index is 2.41. The van der Waals surface area contributed by atoms with Crippen LogP contribution in [0.15, 0.2) is 24.3 Å². The molecule has 1 atom stereocenters. The Morgan fingerprint density at radius 3 is 2.88 bits per heavy atom. The van der Waals surface area contributed by atoms with Crippen molar-refractivity contribution in [2.75, 3.05) is 20.3 Å². The number of halogens is 1. The van der Waals surface area contributed by atoms with Gasteiger partial charge in [0.2, 0.25) is 0 Å². The van der Waals surface area contributed by atoms with Crippen molar-refractivity contribution in [2.45, 2.75) is 25.8 Å². The molecule has 0 spiro atoms. The van der Waals surface area contributed by atoms with Gasteiger partial charge in [0.15, 0.2) is 0 Å². The van der Waals surface area contributed by atoms with E-state index in [0.717, 1.165) is 31.0 Å². The van der Waals surface area contributed by atoms with Crippen molar-refractivity contribution in [1.82, 2.24) is 5.32 Å². The van der Waals surface area contributed by atoms with Gasteiger partial charge >= 0.3 is 0 Å². The molecule has 1 unspecified atom stereocenters. The van der Waals surface area contributed by atoms with Crippen molar-refractivity contribution in [3.8, 4) is 0 Å². The molecular weight excluding hydrogens is 222 g/mol. The third-order valence-corrected chi connectivity index (χ3v) is 2.77. The average Bonchev–Trinajstić information content (AvgIpc) is 2.27. The molecule has 0 fully saturated rings. The molecule has 1 aromatic carbocycles. The lowest BCUT2D eigenvalue weighted by atomic mass is 10.1. The first-order valence-electron chi connectivity index (χ1n) is 5.73. The number of hydrogen-bond donors (Lipinski definition) is 1. The maximum Gasteiger partial charge on any atom is 0.0615 e. The second-order valence-electron chi connectivity index (χ2n) is 3.88. The third-order valence-electron chi connectivity index (χ3n) is 2.53. The molecule has 0 aliphatic rings. The smallest absolute Gasteiger partial charge is 0.0615 e. The summed E-state index contributed by atoms with van der Waals surface area (Å²) in [5, 5.41) is 4.22. The molecule has 1 rings (SSSR count). The molecule has 2 nitrogen and oxygen atoms in total. The van der Waals surface area contributed by atoms with Crippen molar-refractivity contribution in [3.63, 3.8) is 0 Å². The van der Waals surface area contributed by atoms with Crippen LogP contribution >= 0.6 is 11.6 Å². The summed E-state index contributed by atoms with van der Waals surface area (Å²) in [4.78, 5) is 0. The fourth-order valence-corrected chi connectivity index (χ4v) is 1.98. The highest BCUT2D eigenvalue weighted by molar-refractivity contribution is 6.30. The summed E-state index contributed by atoms with van der Waals surface area (Å²) in [6.07, 6.45) is 2.10. The number of benzene rings is 1. The van der Waals surface area contributed by atoms with Crippen LogP contribution in [0.2, 0.25) is 5.02 Å². The Hall–Kier alpha value is -0.570. The average molecular weight is 242 g/mol. The highest BCUT2D eigenvalue weighted by Gasteiger charge is 2.06. The molecule has 0 bridgehead atoms. The van der Waals surface area contributed by atoms with Crippen LogP contribution in [0.25, 0.3) is 0 Å². The molecule has 16 heavy (non-hydrogen) atoms. The molecule has 90 valence electrons. The van der Waals surface area contributed by atoms with Crippen molar-refractivity contribution in [2.24, 2.45) is 0 Å². The summed E-state index contributed by atoms with van der Waals surface area (Å²) < 4.78 is 5.18. The summed E-state index contributed by atoms with van der Waals surface area (Å²) in [6, 6.07) is 8.46. The zero-order valence-corrected chi connectivity index (χ0v) is 10.8. The topological polar surface area (TPSA) is 21.3 Å². The number of likely N-dealkylation sites (N-methyl/N-ethyl adjacent to an activating group) is 1. The van der Waals surface area contributed by atoms with Gasteiger partial charge in [0.05, 0.1) is 6.61 Å². The van der Waals surface area contributed by atoms with Crippen LogP contribution in [0.5, 0.6) is 0 Å². The van der Waals surface area contributed by atoms with E-state index < -0.39 is 0 Å². The minimum atomic E-state index is 0.425. The lowest BCUT2D eigenvalue weighted by molar-refractivity contribution is 0.163. The number of aryl methyl sites for hydroxylation is 1. The van der Waals surface area contributed by atoms with E-state index in [4.69, 9.17) is 16.3 Å². The first-order valence-corrected chi connectivity index (χ1v) is 6.10. The number of hydrogen-bond acceptors (Lipinski definition) is 2. The Morgan fingerprint density at radius 1 is 1.44 bits per heavy atom. The van der Waals surface area contributed by atoms with Crippen LogP contribution in [0.4, 0.5) is 0 Å². The van der Waals surface area contributed by atoms with E-state index >= 15 is 0 Å². The second-order valence-corrected chi connectivity index (χ2v) is 4.31. The first kappa shape index (κ1) is 13.5. The van der Waals surface area contributed by atoms with Gasteiger partial charge in [-0.2, -0.15) is 0 Å². The van der Waals surface area contributed by atoms with Gasteiger partial charge in [0, 0.05) is 18.2 Å². The molecule has 0 saturated carbocycles. The quantitative estimate of drug-likeness (QED) is 0.793. The minimum absolute atomic E-state index is 0.425.